The van der Waals surface area contributed by atoms with Gasteiger partial charge >= 0.3 is 5.97 Å². The molecule has 21 heavy (non-hydrogen) atoms. The van der Waals surface area contributed by atoms with E-state index in [0.717, 1.165) is 24.2 Å². The smallest absolute Gasteiger partial charge is 0.322 e. The molecule has 1 aromatic carbocycles. The molecule has 1 atom stereocenters. The zero-order valence-corrected chi connectivity index (χ0v) is 12.6. The van der Waals surface area contributed by atoms with Crippen molar-refractivity contribution >= 4 is 5.97 Å². The molecule has 5 nitrogen and oxygen atoms in total. The Hall–Kier alpha value is -1.75. The molecule has 0 amide bonds. The van der Waals surface area contributed by atoms with Crippen LogP contribution in [0.5, 0.6) is 11.5 Å². The van der Waals surface area contributed by atoms with Crippen LogP contribution in [0.25, 0.3) is 0 Å². The first-order valence-electron chi connectivity index (χ1n) is 7.31. The molecule has 0 spiro atoms. The van der Waals surface area contributed by atoms with E-state index in [0.29, 0.717) is 12.2 Å². The molecule has 0 aromatic heterocycles. The van der Waals surface area contributed by atoms with Gasteiger partial charge in [-0.15, -0.1) is 0 Å². The first-order valence-corrected chi connectivity index (χ1v) is 7.31. The number of hydrogen-bond acceptors (Lipinski definition) is 5. The van der Waals surface area contributed by atoms with Crippen molar-refractivity contribution < 1.29 is 19.0 Å². The van der Waals surface area contributed by atoms with Gasteiger partial charge in [-0.25, -0.2) is 0 Å². The lowest BCUT2D eigenvalue weighted by Crippen LogP contribution is -2.33. The molecule has 1 saturated carbocycles. The lowest BCUT2D eigenvalue weighted by Gasteiger charge is -2.17. The third kappa shape index (κ3) is 4.11. The second-order valence-electron chi connectivity index (χ2n) is 5.34. The van der Waals surface area contributed by atoms with Crippen LogP contribution in [0.2, 0.25) is 0 Å². The predicted molar refractivity (Wildman–Crippen MR) is 79.6 cm³/mol. The summed E-state index contributed by atoms with van der Waals surface area (Å²) in [5.41, 5.74) is 6.69. The maximum absolute atomic E-state index is 11.4. The average Bonchev–Trinajstić information content (AvgIpc) is 3.00. The normalized spacial score (nSPS) is 16.5. The second kappa shape index (κ2) is 7.31. The molecule has 1 aliphatic rings. The van der Waals surface area contributed by atoms with Gasteiger partial charge in [0.1, 0.15) is 6.04 Å². The summed E-state index contributed by atoms with van der Waals surface area (Å²) in [5.74, 6) is 1.01. The van der Waals surface area contributed by atoms with Crippen molar-refractivity contribution in [1.29, 1.82) is 0 Å². The maximum Gasteiger partial charge on any atom is 0.322 e. The molecule has 1 unspecified atom stereocenters. The number of nitrogens with two attached hydrogens (primary N) is 1. The third-order valence-corrected chi connectivity index (χ3v) is 3.78. The Kier molecular flexibility index (Phi) is 5.44. The Bertz CT molecular complexity index is 483. The minimum absolute atomic E-state index is 0.280. The summed E-state index contributed by atoms with van der Waals surface area (Å²) in [6.45, 7) is 0. The van der Waals surface area contributed by atoms with Crippen molar-refractivity contribution in [2.75, 3.05) is 14.2 Å². The number of esters is 1. The van der Waals surface area contributed by atoms with Crippen LogP contribution in [0.15, 0.2) is 18.2 Å². The molecule has 1 aliphatic carbocycles. The second-order valence-corrected chi connectivity index (χ2v) is 5.34. The maximum atomic E-state index is 11.4. The molecule has 116 valence electrons. The van der Waals surface area contributed by atoms with Crippen LogP contribution in [0.4, 0.5) is 0 Å². The summed E-state index contributed by atoms with van der Waals surface area (Å²) in [5, 5.41) is 0. The zero-order chi connectivity index (χ0) is 15.2. The lowest BCUT2D eigenvalue weighted by atomic mass is 10.1. The van der Waals surface area contributed by atoms with E-state index in [-0.39, 0.29) is 6.10 Å². The minimum atomic E-state index is -0.665. The number of methoxy groups -OCH3 is 2. The Morgan fingerprint density at radius 3 is 2.62 bits per heavy atom. The quantitative estimate of drug-likeness (QED) is 0.813. The van der Waals surface area contributed by atoms with E-state index >= 15 is 0 Å². The number of ether oxygens (including phenoxy) is 3. The first kappa shape index (κ1) is 15.6. The fraction of sp³-hybridized carbons (Fsp3) is 0.562. The van der Waals surface area contributed by atoms with E-state index in [1.165, 1.54) is 20.0 Å². The Balaban J connectivity index is 2.06. The Labute approximate surface area is 125 Å². The van der Waals surface area contributed by atoms with Crippen LogP contribution >= 0.6 is 0 Å². The average molecular weight is 293 g/mol. The van der Waals surface area contributed by atoms with Crippen LogP contribution < -0.4 is 15.2 Å². The summed E-state index contributed by atoms with van der Waals surface area (Å²) in [4.78, 5) is 11.4. The van der Waals surface area contributed by atoms with E-state index in [1.807, 2.05) is 18.2 Å². The molecule has 0 saturated heterocycles. The van der Waals surface area contributed by atoms with Crippen molar-refractivity contribution in [2.45, 2.75) is 44.2 Å². The highest BCUT2D eigenvalue weighted by atomic mass is 16.5. The standard InChI is InChI=1S/C16H23NO4/c1-19-15-10-11(9-13(17)16(18)20-2)7-8-14(15)21-12-5-3-4-6-12/h7-8,10,12-13H,3-6,9,17H2,1-2H3. The SMILES string of the molecule is COC(=O)C(N)Cc1ccc(OC2CCCC2)c(OC)c1. The summed E-state index contributed by atoms with van der Waals surface area (Å²) < 4.78 is 16.0. The molecule has 1 aromatic rings. The van der Waals surface area contributed by atoms with Crippen molar-refractivity contribution in [3.8, 4) is 11.5 Å². The van der Waals surface area contributed by atoms with Gasteiger partial charge < -0.3 is 19.9 Å². The van der Waals surface area contributed by atoms with Gasteiger partial charge in [-0.05, 0) is 49.8 Å². The summed E-state index contributed by atoms with van der Waals surface area (Å²) >= 11 is 0. The van der Waals surface area contributed by atoms with Gasteiger partial charge in [0.15, 0.2) is 11.5 Å². The molecular weight excluding hydrogens is 270 g/mol. The van der Waals surface area contributed by atoms with Gasteiger partial charge in [0.05, 0.1) is 20.3 Å². The molecule has 1 fully saturated rings. The van der Waals surface area contributed by atoms with E-state index in [2.05, 4.69) is 4.74 Å². The molecule has 0 aliphatic heterocycles. The summed E-state index contributed by atoms with van der Waals surface area (Å²) in [6, 6.07) is 5.00. The van der Waals surface area contributed by atoms with Crippen molar-refractivity contribution in [2.24, 2.45) is 5.73 Å². The molecule has 0 heterocycles. The highest BCUT2D eigenvalue weighted by Gasteiger charge is 2.19. The van der Waals surface area contributed by atoms with Gasteiger partial charge in [0, 0.05) is 0 Å². The molecule has 0 bridgehead atoms. The molecule has 2 N–H and O–H groups in total. The van der Waals surface area contributed by atoms with Crippen molar-refractivity contribution in [3.05, 3.63) is 23.8 Å². The number of hydrogen-bond donors (Lipinski definition) is 1. The highest BCUT2D eigenvalue weighted by molar-refractivity contribution is 5.75. The van der Waals surface area contributed by atoms with Crippen molar-refractivity contribution in [3.63, 3.8) is 0 Å². The van der Waals surface area contributed by atoms with Crippen LogP contribution in [0.3, 0.4) is 0 Å². The highest BCUT2D eigenvalue weighted by Crippen LogP contribution is 2.32. The molecular formula is C16H23NO4. The fourth-order valence-electron chi connectivity index (χ4n) is 2.61. The van der Waals surface area contributed by atoms with E-state index in [4.69, 9.17) is 15.2 Å². The van der Waals surface area contributed by atoms with Gasteiger partial charge in [-0.1, -0.05) is 6.07 Å². The Morgan fingerprint density at radius 2 is 2.00 bits per heavy atom. The number of carbonyl (C=O) groups excluding carboxylic acids is 1. The molecule has 0 radical (unpaired) electrons. The summed E-state index contributed by atoms with van der Waals surface area (Å²) in [7, 11) is 2.95. The van der Waals surface area contributed by atoms with Gasteiger partial charge in [-0.3, -0.25) is 4.79 Å². The van der Waals surface area contributed by atoms with Crippen LogP contribution in [-0.2, 0) is 16.0 Å². The van der Waals surface area contributed by atoms with Crippen molar-refractivity contribution in [1.82, 2.24) is 0 Å². The number of benzene rings is 1. The predicted octanol–water partition coefficient (Wildman–Crippen LogP) is 2.06. The fourth-order valence-corrected chi connectivity index (χ4v) is 2.61. The van der Waals surface area contributed by atoms with Gasteiger partial charge in [0.25, 0.3) is 0 Å². The Morgan fingerprint density at radius 1 is 1.29 bits per heavy atom. The first-order chi connectivity index (χ1) is 10.1. The van der Waals surface area contributed by atoms with E-state index in [9.17, 15) is 4.79 Å². The molecule has 5 heteroatoms. The van der Waals surface area contributed by atoms with Crippen LogP contribution in [0, 0.1) is 0 Å². The van der Waals surface area contributed by atoms with Crippen LogP contribution in [0.1, 0.15) is 31.2 Å². The number of rotatable bonds is 6. The van der Waals surface area contributed by atoms with E-state index in [1.54, 1.807) is 7.11 Å². The van der Waals surface area contributed by atoms with E-state index < -0.39 is 12.0 Å². The monoisotopic (exact) mass is 293 g/mol. The minimum Gasteiger partial charge on any atom is -0.493 e. The summed E-state index contributed by atoms with van der Waals surface area (Å²) in [6.07, 6.45) is 5.32. The third-order valence-electron chi connectivity index (χ3n) is 3.78. The zero-order valence-electron chi connectivity index (χ0n) is 12.6. The van der Waals surface area contributed by atoms with Crippen LogP contribution in [-0.4, -0.2) is 32.3 Å². The van der Waals surface area contributed by atoms with Gasteiger partial charge in [-0.2, -0.15) is 0 Å². The lowest BCUT2D eigenvalue weighted by molar-refractivity contribution is -0.142. The molecule has 2 rings (SSSR count). The number of carbonyl (C=O) groups is 1. The van der Waals surface area contributed by atoms with Gasteiger partial charge in [0.2, 0.25) is 0 Å². The topological polar surface area (TPSA) is 70.8 Å². The largest absolute Gasteiger partial charge is 0.493 e.